The number of rotatable bonds is 4. The van der Waals surface area contributed by atoms with Crippen LogP contribution in [0.4, 0.5) is 4.79 Å². The molecule has 0 atom stereocenters. The molecule has 0 aromatic heterocycles. The van der Waals surface area contributed by atoms with Gasteiger partial charge in [-0.05, 0) is 27.1 Å². The fourth-order valence-electron chi connectivity index (χ4n) is 0.686. The van der Waals surface area contributed by atoms with Gasteiger partial charge in [0.05, 0.1) is 0 Å². The maximum atomic E-state index is 10.6. The quantitative estimate of drug-likeness (QED) is 0.676. The first-order valence-corrected chi connectivity index (χ1v) is 5.18. The Balaban J connectivity index is 0. The molecule has 0 aromatic carbocycles. The van der Waals surface area contributed by atoms with Gasteiger partial charge in [-0.2, -0.15) is 0 Å². The Labute approximate surface area is 88.1 Å². The van der Waals surface area contributed by atoms with Crippen LogP contribution in [-0.4, -0.2) is 45.2 Å². The number of amides is 2. The van der Waals surface area contributed by atoms with E-state index in [1.54, 1.807) is 7.05 Å². The van der Waals surface area contributed by atoms with Crippen LogP contribution in [0.5, 0.6) is 0 Å². The lowest BCUT2D eigenvalue weighted by molar-refractivity contribution is 0.242. The average Bonchev–Trinajstić information content (AvgIpc) is 2.13. The Morgan fingerprint density at radius 1 is 1.29 bits per heavy atom. The Morgan fingerprint density at radius 2 is 1.79 bits per heavy atom. The van der Waals surface area contributed by atoms with Crippen LogP contribution in [0.25, 0.3) is 0 Å². The summed E-state index contributed by atoms with van der Waals surface area (Å²) < 4.78 is 0. The van der Waals surface area contributed by atoms with Crippen molar-refractivity contribution in [3.63, 3.8) is 0 Å². The lowest BCUT2D eigenvalue weighted by atomic mass is 10.4. The van der Waals surface area contributed by atoms with E-state index in [0.717, 1.165) is 19.5 Å². The van der Waals surface area contributed by atoms with Gasteiger partial charge in [-0.3, -0.25) is 0 Å². The van der Waals surface area contributed by atoms with Gasteiger partial charge < -0.3 is 15.5 Å². The monoisotopic (exact) mass is 203 g/mol. The van der Waals surface area contributed by atoms with Crippen LogP contribution in [-0.2, 0) is 0 Å². The lowest BCUT2D eigenvalue weighted by Crippen LogP contribution is -2.34. The number of urea groups is 1. The Morgan fingerprint density at radius 3 is 2.14 bits per heavy atom. The Kier molecular flexibility index (Phi) is 13.7. The number of hydrogen-bond acceptors (Lipinski definition) is 2. The van der Waals surface area contributed by atoms with Crippen molar-refractivity contribution in [2.45, 2.75) is 26.7 Å². The van der Waals surface area contributed by atoms with Crippen LogP contribution in [0.1, 0.15) is 26.7 Å². The van der Waals surface area contributed by atoms with E-state index in [1.165, 1.54) is 6.42 Å². The van der Waals surface area contributed by atoms with Crippen LogP contribution in [0.3, 0.4) is 0 Å². The molecule has 0 aliphatic heterocycles. The van der Waals surface area contributed by atoms with E-state index in [1.807, 2.05) is 14.1 Å². The molecule has 0 saturated carbocycles. The van der Waals surface area contributed by atoms with Crippen molar-refractivity contribution in [1.82, 2.24) is 15.5 Å². The number of carbonyl (C=O) groups is 1. The first kappa shape index (κ1) is 15.7. The highest BCUT2D eigenvalue weighted by Gasteiger charge is 1.94. The molecule has 0 bridgehead atoms. The maximum Gasteiger partial charge on any atom is 0.314 e. The summed E-state index contributed by atoms with van der Waals surface area (Å²) in [7, 11) is 5.64. The van der Waals surface area contributed by atoms with Crippen molar-refractivity contribution in [3.8, 4) is 0 Å². The van der Waals surface area contributed by atoms with E-state index < -0.39 is 0 Å². The molecule has 0 aromatic rings. The summed E-state index contributed by atoms with van der Waals surface area (Å²) in [5.41, 5.74) is 0. The largest absolute Gasteiger partial charge is 0.341 e. The highest BCUT2D eigenvalue weighted by Crippen LogP contribution is 1.79. The molecule has 0 aliphatic rings. The molecule has 2 N–H and O–H groups in total. The molecule has 86 valence electrons. The average molecular weight is 203 g/mol. The SMILES string of the molecule is CCC.CNC(=O)NCCCN(C)C. The summed E-state index contributed by atoms with van der Waals surface area (Å²) in [6.45, 7) is 5.99. The van der Waals surface area contributed by atoms with Gasteiger partial charge >= 0.3 is 6.03 Å². The van der Waals surface area contributed by atoms with Crippen molar-refractivity contribution in [2.24, 2.45) is 0 Å². The molecule has 0 saturated heterocycles. The van der Waals surface area contributed by atoms with Gasteiger partial charge in [0.15, 0.2) is 0 Å². The second-order valence-corrected chi connectivity index (χ2v) is 3.37. The van der Waals surface area contributed by atoms with E-state index in [9.17, 15) is 4.79 Å². The minimum atomic E-state index is -0.108. The minimum absolute atomic E-state index is 0.108. The van der Waals surface area contributed by atoms with Crippen LogP contribution >= 0.6 is 0 Å². The molecule has 0 heterocycles. The summed E-state index contributed by atoms with van der Waals surface area (Å²) in [6, 6.07) is -0.108. The highest BCUT2D eigenvalue weighted by molar-refractivity contribution is 5.73. The summed E-state index contributed by atoms with van der Waals surface area (Å²) in [5.74, 6) is 0. The molecule has 0 aliphatic carbocycles. The van der Waals surface area contributed by atoms with E-state index in [2.05, 4.69) is 29.4 Å². The van der Waals surface area contributed by atoms with E-state index in [-0.39, 0.29) is 6.03 Å². The molecule has 14 heavy (non-hydrogen) atoms. The summed E-state index contributed by atoms with van der Waals surface area (Å²) in [5, 5.41) is 5.20. The summed E-state index contributed by atoms with van der Waals surface area (Å²) in [6.07, 6.45) is 2.24. The Bertz CT molecular complexity index is 127. The van der Waals surface area contributed by atoms with Crippen LogP contribution in [0.2, 0.25) is 0 Å². The third-order valence-electron chi connectivity index (χ3n) is 1.29. The molecule has 0 radical (unpaired) electrons. The normalized spacial score (nSPS) is 9.00. The summed E-state index contributed by atoms with van der Waals surface area (Å²) in [4.78, 5) is 12.7. The van der Waals surface area contributed by atoms with Crippen LogP contribution < -0.4 is 10.6 Å². The molecule has 0 spiro atoms. The predicted molar refractivity (Wildman–Crippen MR) is 61.6 cm³/mol. The predicted octanol–water partition coefficient (Wildman–Crippen LogP) is 1.28. The lowest BCUT2D eigenvalue weighted by Gasteiger charge is -2.09. The standard InChI is InChI=1S/C7H17N3O.C3H8/c1-8-7(11)9-5-4-6-10(2)3;1-3-2/h4-6H2,1-3H3,(H2,8,9,11);3H2,1-2H3. The van der Waals surface area contributed by atoms with Gasteiger partial charge in [-0.15, -0.1) is 0 Å². The van der Waals surface area contributed by atoms with Crippen LogP contribution in [0.15, 0.2) is 0 Å². The summed E-state index contributed by atoms with van der Waals surface area (Å²) >= 11 is 0. The topological polar surface area (TPSA) is 44.4 Å². The first-order valence-electron chi connectivity index (χ1n) is 5.18. The number of nitrogens with one attached hydrogen (secondary N) is 2. The zero-order chi connectivity index (χ0) is 11.4. The zero-order valence-corrected chi connectivity index (χ0v) is 10.2. The molecule has 4 nitrogen and oxygen atoms in total. The molecule has 4 heteroatoms. The minimum Gasteiger partial charge on any atom is -0.341 e. The fraction of sp³-hybridized carbons (Fsp3) is 0.900. The van der Waals surface area contributed by atoms with E-state index in [4.69, 9.17) is 0 Å². The highest BCUT2D eigenvalue weighted by atomic mass is 16.2. The third kappa shape index (κ3) is 17.4. The van der Waals surface area contributed by atoms with E-state index >= 15 is 0 Å². The molecular formula is C10H25N3O. The van der Waals surface area contributed by atoms with Gasteiger partial charge in [0.2, 0.25) is 0 Å². The maximum absolute atomic E-state index is 10.6. The second-order valence-electron chi connectivity index (χ2n) is 3.37. The first-order chi connectivity index (χ1) is 6.58. The smallest absolute Gasteiger partial charge is 0.314 e. The van der Waals surface area contributed by atoms with Crippen molar-refractivity contribution >= 4 is 6.03 Å². The van der Waals surface area contributed by atoms with Crippen molar-refractivity contribution < 1.29 is 4.79 Å². The molecule has 0 rings (SSSR count). The third-order valence-corrected chi connectivity index (χ3v) is 1.29. The fourth-order valence-corrected chi connectivity index (χ4v) is 0.686. The van der Waals surface area contributed by atoms with Crippen molar-refractivity contribution in [1.29, 1.82) is 0 Å². The number of hydrogen-bond donors (Lipinski definition) is 2. The van der Waals surface area contributed by atoms with Gasteiger partial charge in [-0.1, -0.05) is 20.3 Å². The number of nitrogens with zero attached hydrogens (tertiary/aromatic N) is 1. The molecule has 0 fully saturated rings. The number of carbonyl (C=O) groups excluding carboxylic acids is 1. The molecule has 0 unspecified atom stereocenters. The zero-order valence-electron chi connectivity index (χ0n) is 10.2. The second kappa shape index (κ2) is 12.2. The van der Waals surface area contributed by atoms with Gasteiger partial charge in [0.25, 0.3) is 0 Å². The molecule has 2 amide bonds. The van der Waals surface area contributed by atoms with E-state index in [0.29, 0.717) is 0 Å². The van der Waals surface area contributed by atoms with Crippen molar-refractivity contribution in [2.75, 3.05) is 34.2 Å². The van der Waals surface area contributed by atoms with Crippen molar-refractivity contribution in [3.05, 3.63) is 0 Å². The van der Waals surface area contributed by atoms with Gasteiger partial charge in [-0.25, -0.2) is 4.79 Å². The van der Waals surface area contributed by atoms with Gasteiger partial charge in [0.1, 0.15) is 0 Å². The molecular weight excluding hydrogens is 178 g/mol. The Hall–Kier alpha value is -0.770. The van der Waals surface area contributed by atoms with Gasteiger partial charge in [0, 0.05) is 13.6 Å². The van der Waals surface area contributed by atoms with Crippen LogP contribution in [0, 0.1) is 0 Å².